The number of rotatable bonds is 3. The Morgan fingerprint density at radius 2 is 2.18 bits per heavy atom. The van der Waals surface area contributed by atoms with Gasteiger partial charge in [0, 0.05) is 4.88 Å². The standard InChI is InChI=1S/C10H12ClN5S/c1-5(8-7(11)3-4-17-8)13-10-15-6(2)14-9(12)16-10/h3-5H,1-2H3,(H3,12,13,14,15,16). The van der Waals surface area contributed by atoms with Crippen LogP contribution in [0.3, 0.4) is 0 Å². The largest absolute Gasteiger partial charge is 0.368 e. The van der Waals surface area contributed by atoms with Gasteiger partial charge in [0.2, 0.25) is 11.9 Å². The molecule has 2 rings (SSSR count). The minimum atomic E-state index is 0.0312. The van der Waals surface area contributed by atoms with Gasteiger partial charge in [-0.15, -0.1) is 11.3 Å². The molecule has 0 fully saturated rings. The van der Waals surface area contributed by atoms with Crippen molar-refractivity contribution in [3.05, 3.63) is 27.2 Å². The molecule has 0 amide bonds. The quantitative estimate of drug-likeness (QED) is 0.896. The molecule has 0 bridgehead atoms. The molecule has 90 valence electrons. The summed E-state index contributed by atoms with van der Waals surface area (Å²) < 4.78 is 0. The minimum absolute atomic E-state index is 0.0312. The number of nitrogen functional groups attached to an aromatic ring is 1. The molecular weight excluding hydrogens is 258 g/mol. The van der Waals surface area contributed by atoms with Gasteiger partial charge in [-0.3, -0.25) is 0 Å². The van der Waals surface area contributed by atoms with Gasteiger partial charge in [-0.2, -0.15) is 15.0 Å². The zero-order valence-electron chi connectivity index (χ0n) is 9.44. The highest BCUT2D eigenvalue weighted by molar-refractivity contribution is 7.10. The van der Waals surface area contributed by atoms with Crippen LogP contribution in [0.25, 0.3) is 0 Å². The second-order valence-electron chi connectivity index (χ2n) is 3.56. The van der Waals surface area contributed by atoms with Gasteiger partial charge in [0.15, 0.2) is 0 Å². The van der Waals surface area contributed by atoms with Gasteiger partial charge in [0.25, 0.3) is 0 Å². The van der Waals surface area contributed by atoms with E-state index >= 15 is 0 Å². The van der Waals surface area contributed by atoms with Crippen molar-refractivity contribution < 1.29 is 0 Å². The lowest BCUT2D eigenvalue weighted by atomic mass is 10.3. The molecule has 0 aliphatic carbocycles. The lowest BCUT2D eigenvalue weighted by Crippen LogP contribution is -2.11. The third-order valence-electron chi connectivity index (χ3n) is 2.15. The van der Waals surface area contributed by atoms with Crippen molar-refractivity contribution in [2.45, 2.75) is 19.9 Å². The Morgan fingerprint density at radius 1 is 1.41 bits per heavy atom. The average molecular weight is 270 g/mol. The summed E-state index contributed by atoms with van der Waals surface area (Å²) in [5, 5.41) is 5.84. The van der Waals surface area contributed by atoms with Crippen LogP contribution in [0, 0.1) is 6.92 Å². The van der Waals surface area contributed by atoms with Crippen LogP contribution in [0.2, 0.25) is 5.02 Å². The zero-order chi connectivity index (χ0) is 12.4. The van der Waals surface area contributed by atoms with Gasteiger partial charge >= 0.3 is 0 Å². The first-order valence-corrected chi connectivity index (χ1v) is 6.29. The number of nitrogens with zero attached hydrogens (tertiary/aromatic N) is 3. The average Bonchev–Trinajstić information content (AvgIpc) is 2.62. The van der Waals surface area contributed by atoms with Gasteiger partial charge in [-0.25, -0.2) is 0 Å². The maximum Gasteiger partial charge on any atom is 0.228 e. The normalized spacial score (nSPS) is 12.4. The van der Waals surface area contributed by atoms with Crippen LogP contribution in [0.4, 0.5) is 11.9 Å². The fraction of sp³-hybridized carbons (Fsp3) is 0.300. The Labute approximate surface area is 108 Å². The molecule has 2 aromatic heterocycles. The summed E-state index contributed by atoms with van der Waals surface area (Å²) in [4.78, 5) is 13.1. The molecule has 0 saturated heterocycles. The lowest BCUT2D eigenvalue weighted by molar-refractivity contribution is 0.864. The van der Waals surface area contributed by atoms with Gasteiger partial charge in [0.05, 0.1) is 11.1 Å². The van der Waals surface area contributed by atoms with E-state index in [1.54, 1.807) is 18.3 Å². The molecule has 0 spiro atoms. The summed E-state index contributed by atoms with van der Waals surface area (Å²) in [6, 6.07) is 1.90. The SMILES string of the molecule is Cc1nc(N)nc(NC(C)c2sccc2Cl)n1. The fourth-order valence-corrected chi connectivity index (χ4v) is 2.67. The Balaban J connectivity index is 2.18. The van der Waals surface area contributed by atoms with Crippen LogP contribution in [-0.2, 0) is 0 Å². The number of halogens is 1. The number of aryl methyl sites for hydroxylation is 1. The summed E-state index contributed by atoms with van der Waals surface area (Å²) in [6.07, 6.45) is 0. The number of anilines is 2. The Hall–Kier alpha value is -1.40. The van der Waals surface area contributed by atoms with E-state index < -0.39 is 0 Å². The summed E-state index contributed by atoms with van der Waals surface area (Å²) >= 11 is 7.64. The number of aromatic nitrogens is 3. The first-order valence-electron chi connectivity index (χ1n) is 5.04. The molecule has 1 atom stereocenters. The number of hydrogen-bond acceptors (Lipinski definition) is 6. The van der Waals surface area contributed by atoms with Crippen molar-refractivity contribution in [1.82, 2.24) is 15.0 Å². The molecule has 17 heavy (non-hydrogen) atoms. The van der Waals surface area contributed by atoms with Crippen molar-refractivity contribution in [3.8, 4) is 0 Å². The van der Waals surface area contributed by atoms with Crippen molar-refractivity contribution in [2.24, 2.45) is 0 Å². The second kappa shape index (κ2) is 4.85. The molecular formula is C10H12ClN5S. The number of hydrogen-bond donors (Lipinski definition) is 2. The van der Waals surface area contributed by atoms with Gasteiger partial charge in [0.1, 0.15) is 5.82 Å². The fourth-order valence-electron chi connectivity index (χ4n) is 1.44. The van der Waals surface area contributed by atoms with Crippen molar-refractivity contribution in [3.63, 3.8) is 0 Å². The topological polar surface area (TPSA) is 76.7 Å². The maximum atomic E-state index is 6.06. The monoisotopic (exact) mass is 269 g/mol. The summed E-state index contributed by atoms with van der Waals surface area (Å²) in [5.41, 5.74) is 5.56. The smallest absolute Gasteiger partial charge is 0.228 e. The summed E-state index contributed by atoms with van der Waals surface area (Å²) in [6.45, 7) is 3.76. The van der Waals surface area contributed by atoms with E-state index in [9.17, 15) is 0 Å². The summed E-state index contributed by atoms with van der Waals surface area (Å²) in [7, 11) is 0. The molecule has 0 saturated carbocycles. The van der Waals surface area contributed by atoms with E-state index in [0.717, 1.165) is 9.90 Å². The molecule has 0 aromatic carbocycles. The number of nitrogens with one attached hydrogen (secondary N) is 1. The van der Waals surface area contributed by atoms with Crippen LogP contribution in [0.1, 0.15) is 23.7 Å². The van der Waals surface area contributed by atoms with Gasteiger partial charge in [-0.1, -0.05) is 11.6 Å². The van der Waals surface area contributed by atoms with E-state index in [-0.39, 0.29) is 12.0 Å². The van der Waals surface area contributed by atoms with Crippen LogP contribution in [0.15, 0.2) is 11.4 Å². The third-order valence-corrected chi connectivity index (χ3v) is 3.69. The van der Waals surface area contributed by atoms with Crippen molar-refractivity contribution >= 4 is 34.8 Å². The van der Waals surface area contributed by atoms with Crippen LogP contribution in [0.5, 0.6) is 0 Å². The van der Waals surface area contributed by atoms with Gasteiger partial charge < -0.3 is 11.1 Å². The molecule has 2 aromatic rings. The molecule has 0 aliphatic rings. The van der Waals surface area contributed by atoms with E-state index in [2.05, 4.69) is 20.3 Å². The van der Waals surface area contributed by atoms with Crippen molar-refractivity contribution in [1.29, 1.82) is 0 Å². The third kappa shape index (κ3) is 2.83. The zero-order valence-corrected chi connectivity index (χ0v) is 11.0. The van der Waals surface area contributed by atoms with E-state index in [1.807, 2.05) is 18.4 Å². The Kier molecular flexibility index (Phi) is 3.44. The Bertz CT molecular complexity index is 507. The van der Waals surface area contributed by atoms with Gasteiger partial charge in [-0.05, 0) is 25.3 Å². The lowest BCUT2D eigenvalue weighted by Gasteiger charge is -2.13. The second-order valence-corrected chi connectivity index (χ2v) is 4.92. The Morgan fingerprint density at radius 3 is 2.76 bits per heavy atom. The van der Waals surface area contributed by atoms with Crippen LogP contribution < -0.4 is 11.1 Å². The minimum Gasteiger partial charge on any atom is -0.368 e. The van der Waals surface area contributed by atoms with E-state index in [4.69, 9.17) is 17.3 Å². The predicted molar refractivity (Wildman–Crippen MR) is 70.3 cm³/mol. The van der Waals surface area contributed by atoms with E-state index in [0.29, 0.717) is 11.8 Å². The number of thiophene rings is 1. The highest BCUT2D eigenvalue weighted by Gasteiger charge is 2.12. The highest BCUT2D eigenvalue weighted by Crippen LogP contribution is 2.29. The summed E-state index contributed by atoms with van der Waals surface area (Å²) in [5.74, 6) is 1.26. The molecule has 5 nitrogen and oxygen atoms in total. The van der Waals surface area contributed by atoms with E-state index in [1.165, 1.54) is 0 Å². The molecule has 3 N–H and O–H groups in total. The molecule has 1 unspecified atom stereocenters. The first-order chi connectivity index (χ1) is 8.06. The first kappa shape index (κ1) is 12.1. The number of nitrogens with two attached hydrogens (primary N) is 1. The van der Waals surface area contributed by atoms with Crippen LogP contribution in [-0.4, -0.2) is 15.0 Å². The molecule has 0 radical (unpaired) electrons. The molecule has 2 heterocycles. The predicted octanol–water partition coefficient (Wildman–Crippen LogP) is 2.65. The molecule has 0 aliphatic heterocycles. The highest BCUT2D eigenvalue weighted by atomic mass is 35.5. The van der Waals surface area contributed by atoms with Crippen LogP contribution >= 0.6 is 22.9 Å². The molecule has 7 heteroatoms. The van der Waals surface area contributed by atoms with Crippen molar-refractivity contribution in [2.75, 3.05) is 11.1 Å². The maximum absolute atomic E-state index is 6.06.